The molecule has 3 aliphatic heterocycles. The van der Waals surface area contributed by atoms with Crippen LogP contribution in [0.3, 0.4) is 0 Å². The highest BCUT2D eigenvalue weighted by atomic mass is 32.2. The molecule has 36 nitrogen and oxygen atoms in total. The van der Waals surface area contributed by atoms with Crippen LogP contribution in [-0.4, -0.2) is 204 Å². The number of fused-ring (bicyclic) bond motifs is 3. The fraction of sp³-hybridized carbons (Fsp3) is 0.245. The summed E-state index contributed by atoms with van der Waals surface area (Å²) >= 11 is 7.82. The zero-order valence-electron chi connectivity index (χ0n) is 75.8. The number of ketones is 8. The molecule has 0 radical (unpaired) electrons. The van der Waals surface area contributed by atoms with Crippen molar-refractivity contribution in [3.8, 4) is 80.0 Å². The molecule has 0 unspecified atom stereocenters. The number of pyridine rings is 1. The van der Waals surface area contributed by atoms with Crippen molar-refractivity contribution in [2.45, 2.75) is 121 Å². The maximum absolute atomic E-state index is 13.0. The number of nitrogens with one attached hydrogen (secondary N) is 4. The molecule has 0 saturated heterocycles. The van der Waals surface area contributed by atoms with Gasteiger partial charge in [0.1, 0.15) is 56.3 Å². The average molecular weight is 1990 g/mol. The van der Waals surface area contributed by atoms with Gasteiger partial charge in [0.2, 0.25) is 38.9 Å². The van der Waals surface area contributed by atoms with Gasteiger partial charge in [-0.1, -0.05) is 102 Å². The van der Waals surface area contributed by atoms with Crippen molar-refractivity contribution in [1.82, 2.24) is 65.7 Å². The monoisotopic (exact) mass is 1990 g/mol. The van der Waals surface area contributed by atoms with Gasteiger partial charge in [-0.25, -0.2) is 33.9 Å². The summed E-state index contributed by atoms with van der Waals surface area (Å²) in [5, 5.41) is 69.2. The summed E-state index contributed by atoms with van der Waals surface area (Å²) in [6, 6.07) is 48.1. The van der Waals surface area contributed by atoms with Crippen LogP contribution in [0.2, 0.25) is 0 Å². The van der Waals surface area contributed by atoms with E-state index in [1.54, 1.807) is 66.1 Å². The van der Waals surface area contributed by atoms with Crippen molar-refractivity contribution in [1.29, 1.82) is 0 Å². The molecule has 4 aliphatic rings. The summed E-state index contributed by atoms with van der Waals surface area (Å²) in [6.07, 6.45) is 4.04. The molecule has 0 atom stereocenters. The number of hydrogen-bond donors (Lipinski definition) is 6. The van der Waals surface area contributed by atoms with Gasteiger partial charge in [0.15, 0.2) is 63.7 Å². The number of nitrogens with two attached hydrogens (primary N) is 1. The number of aryl methyl sites for hydroxylation is 1. The van der Waals surface area contributed by atoms with Gasteiger partial charge in [-0.3, -0.25) is 73.8 Å². The molecule has 9 N–H and O–H groups in total. The van der Waals surface area contributed by atoms with Crippen molar-refractivity contribution < 1.29 is 91.9 Å². The van der Waals surface area contributed by atoms with Gasteiger partial charge in [-0.05, 0) is 187 Å². The summed E-state index contributed by atoms with van der Waals surface area (Å²) in [6.45, 7) is 14.9. The van der Waals surface area contributed by atoms with Crippen LogP contribution in [0.1, 0.15) is 112 Å². The summed E-state index contributed by atoms with van der Waals surface area (Å²) < 4.78 is 53.1. The van der Waals surface area contributed by atoms with E-state index < -0.39 is 16.6 Å². The minimum absolute atomic E-state index is 0. The highest BCUT2D eigenvalue weighted by molar-refractivity contribution is 8.14. The Hall–Kier alpha value is -14.0. The predicted molar refractivity (Wildman–Crippen MR) is 525 cm³/mol. The molecule has 0 spiro atoms. The number of aromatic amines is 4. The second-order valence-corrected chi connectivity index (χ2v) is 36.6. The smallest absolute Gasteiger partial charge is 0.311 e. The Bertz CT molecular complexity index is 6810. The number of carbonyl (C=O) groups is 8. The summed E-state index contributed by atoms with van der Waals surface area (Å²) in [5.74, 6) is 6.20. The number of thioether (sulfide) groups is 6. The van der Waals surface area contributed by atoms with E-state index in [-0.39, 0.29) is 87.6 Å². The number of methoxy groups -OCH3 is 1. The van der Waals surface area contributed by atoms with Crippen LogP contribution in [0.25, 0.3) is 56.5 Å². The van der Waals surface area contributed by atoms with E-state index in [9.17, 15) is 62.5 Å². The highest BCUT2D eigenvalue weighted by Gasteiger charge is 2.27. The summed E-state index contributed by atoms with van der Waals surface area (Å²) in [7, 11) is 1.57. The molecule has 13 aromatic rings. The normalized spacial score (nSPS) is 12.3. The molecule has 714 valence electrons. The molecular weight excluding hydrogens is 1900 g/mol. The first-order valence-corrected chi connectivity index (χ1v) is 47.8. The number of benzene rings is 8. The largest absolute Gasteiger partial charge is 0.493 e. The number of Topliss-reactive ketones (excluding diaryl/α,β-unsaturated/α-hetero) is 8. The Morgan fingerprint density at radius 1 is 0.514 bits per heavy atom. The second kappa shape index (κ2) is 50.7. The fourth-order valence-corrected chi connectivity index (χ4v) is 16.5. The van der Waals surface area contributed by atoms with Crippen molar-refractivity contribution in [2.24, 2.45) is 20.4 Å². The van der Waals surface area contributed by atoms with Crippen LogP contribution in [0.4, 0.5) is 20.2 Å². The van der Waals surface area contributed by atoms with Gasteiger partial charge < -0.3 is 29.2 Å². The van der Waals surface area contributed by atoms with Crippen molar-refractivity contribution in [2.75, 3.05) is 48.4 Å². The lowest BCUT2D eigenvalue weighted by molar-refractivity contribution is -0.825. The fourth-order valence-electron chi connectivity index (χ4n) is 12.7. The molecule has 8 heterocycles. The van der Waals surface area contributed by atoms with E-state index in [2.05, 4.69) is 86.1 Å². The minimum Gasteiger partial charge on any atom is -0.493 e. The quantitative estimate of drug-likeness (QED) is 0.00749. The number of quaternary nitrogens is 1. The molecule has 1 aliphatic carbocycles. The van der Waals surface area contributed by atoms with E-state index in [4.69, 9.17) is 23.7 Å². The van der Waals surface area contributed by atoms with E-state index in [0.717, 1.165) is 94.5 Å². The third kappa shape index (κ3) is 31.0. The Balaban J connectivity index is 0.000000160. The molecule has 8 aromatic carbocycles. The summed E-state index contributed by atoms with van der Waals surface area (Å²) in [5.41, 5.74) is 13.2. The maximum atomic E-state index is 13.0. The SMILES string of the molecule is CC(=O)CSC1=NN=C(c2ccc(Oc3cccc(C)c3)c([NH2+]O)c2)C1.CC(=O)CSC1=NN=C(c2cccc(C(=O)Cc3ccc4c(c3)CC(=O)C4)c2)C1.CC(=O)CSc1n[nH]c(-c2ccc(F)c(F)c2)n1.CC(=O)CSc1n[nH]c(-c2ccc(OC(C)C)c([N+](=O)[O-])c2)n1.CC(=O)CSc1n[nH]c(-c2ccc3ncccc3c2)n1.COc1cc(-c2nc(SCC(C)=O)n[nH]2)cc2c1OCO2.O. The van der Waals surface area contributed by atoms with Crippen LogP contribution in [0.15, 0.2) is 211 Å². The number of aromatic nitrogens is 13. The Labute approximate surface area is 813 Å². The number of nitro benzene ring substituents is 1. The van der Waals surface area contributed by atoms with E-state index in [1.807, 2.05) is 128 Å². The van der Waals surface area contributed by atoms with E-state index in [0.29, 0.717) is 150 Å². The van der Waals surface area contributed by atoms with Crippen molar-refractivity contribution >= 4 is 161 Å². The van der Waals surface area contributed by atoms with Crippen molar-refractivity contribution in [3.63, 3.8) is 0 Å². The van der Waals surface area contributed by atoms with Crippen LogP contribution < -0.4 is 29.2 Å². The maximum Gasteiger partial charge on any atom is 0.311 e. The van der Waals surface area contributed by atoms with Crippen LogP contribution in [0.5, 0.6) is 34.5 Å². The Morgan fingerprint density at radius 3 is 1.57 bits per heavy atom. The molecule has 17 rings (SSSR count). The second-order valence-electron chi connectivity index (χ2n) is 30.8. The number of halogens is 2. The average Bonchev–Trinajstić information content (AvgIpc) is 1.64. The highest BCUT2D eigenvalue weighted by Crippen LogP contribution is 2.44. The first-order chi connectivity index (χ1) is 65.8. The Kier molecular flexibility index (Phi) is 38.4. The van der Waals surface area contributed by atoms with Gasteiger partial charge in [0.25, 0.3) is 0 Å². The first-order valence-electron chi connectivity index (χ1n) is 41.9. The molecule has 0 fully saturated rings. The summed E-state index contributed by atoms with van der Waals surface area (Å²) in [4.78, 5) is 122. The van der Waals surface area contributed by atoms with Crippen molar-refractivity contribution in [3.05, 3.63) is 231 Å². The molecule has 0 amide bonds. The molecule has 0 saturated carbocycles. The van der Waals surface area contributed by atoms with Crippen LogP contribution in [0, 0.1) is 28.7 Å². The number of nitro groups is 1. The standard InChI is InChI=1S/C23H20N2O3S.C19H19N3O3S.C14H16N4O4S.C14H12N4OS.C13H13N3O4S.C11H9F2N3OS.H2O/c1-14(26)13-29-23-12-21(24-25-23)17-3-2-4-18(9-17)22(28)8-15-5-6-16-10-20(27)11-19(16)7-15;1-12-4-3-5-15(8-12)25-18-7-6-14(9-17(18)22-24)16-10-19(21-20-16)26-11-13(2)23;1-8(2)22-12-5-4-10(6-11(12)18(20)21)13-15-14(17-16-13)23-7-9(3)19;1-9(19)8-20-14-16-13(17-18-14)11-4-5-12-10(7-11)3-2-6-15-12;1-7(17)5-21-13-14-12(15-16-13)8-3-9(18-2)11-10(4-8)19-6-20-11;1-6(17)5-18-11-14-10(15-16-11)7-2-3-8(12)9(13)4-7;/h2-7,9H,8,10-13H2,1H3;3-9,22,24H,10-11H2,1-2H3;4-6,8H,7H2,1-3H3,(H,15,16,17);2-7H,8H2,1H3,(H,16,17,18);3-4H,5-6H2,1-2H3,(H,14,15,16);2-4H,5H2,1H3,(H,14,15,16);1H2/p+1. The number of hydrogen-bond acceptors (Lipinski definition) is 35. The van der Waals surface area contributed by atoms with Gasteiger partial charge in [0.05, 0.1) is 69.6 Å². The lowest BCUT2D eigenvalue weighted by Gasteiger charge is -2.10. The van der Waals surface area contributed by atoms with Crippen LogP contribution >= 0.6 is 70.6 Å². The lowest BCUT2D eigenvalue weighted by Crippen LogP contribution is -2.73. The zero-order valence-corrected chi connectivity index (χ0v) is 80.7. The molecular formula is C94H92F2N19O17S6+. The Morgan fingerprint density at radius 2 is 1.03 bits per heavy atom. The number of ether oxygens (including phenoxy) is 5. The topological polar surface area (TPSA) is 523 Å². The third-order valence-corrected chi connectivity index (χ3v) is 25.2. The van der Waals surface area contributed by atoms with Gasteiger partial charge in [-0.15, -0.1) is 54.1 Å². The zero-order chi connectivity index (χ0) is 97.8. The molecule has 138 heavy (non-hydrogen) atoms. The van der Waals surface area contributed by atoms with E-state index in [1.165, 1.54) is 103 Å². The van der Waals surface area contributed by atoms with Gasteiger partial charge in [-0.2, -0.15) is 15.7 Å². The predicted octanol–water partition coefficient (Wildman–Crippen LogP) is 15.9. The number of carbonyl (C=O) groups excluding carboxylic acids is 8. The van der Waals surface area contributed by atoms with Gasteiger partial charge >= 0.3 is 5.69 Å². The van der Waals surface area contributed by atoms with E-state index >= 15 is 0 Å². The number of nitrogens with zero attached hydrogens (tertiary/aromatic N) is 14. The number of rotatable bonds is 32. The van der Waals surface area contributed by atoms with Gasteiger partial charge in [0, 0.05) is 89.2 Å². The lowest BCUT2D eigenvalue weighted by atomic mass is 9.97. The first kappa shape index (κ1) is 104. The molecule has 44 heteroatoms. The molecule has 5 aromatic heterocycles. The third-order valence-electron chi connectivity index (χ3n) is 19.0. The minimum atomic E-state index is -0.943. The number of H-pyrrole nitrogens is 4. The molecule has 0 bridgehead atoms. The van der Waals surface area contributed by atoms with Crippen LogP contribution in [-0.2, 0) is 52.8 Å².